The zero-order valence-electron chi connectivity index (χ0n) is 16.9. The number of hydrogen-bond acceptors (Lipinski definition) is 4. The quantitative estimate of drug-likeness (QED) is 0.628. The molecule has 5 nitrogen and oxygen atoms in total. The van der Waals surface area contributed by atoms with E-state index in [1.165, 1.54) is 5.56 Å². The Bertz CT molecular complexity index is 884. The van der Waals surface area contributed by atoms with Crippen molar-refractivity contribution in [3.05, 3.63) is 75.7 Å². The first kappa shape index (κ1) is 20.3. The molecule has 0 aliphatic heterocycles. The highest BCUT2D eigenvalue weighted by molar-refractivity contribution is 7.10. The average Bonchev–Trinajstić information content (AvgIpc) is 3.32. The number of carbonyl (C=O) groups excluding carboxylic acids is 1. The molecular weight excluding hydrogens is 368 g/mol. The van der Waals surface area contributed by atoms with Crippen LogP contribution >= 0.6 is 11.3 Å². The smallest absolute Gasteiger partial charge is 0.234 e. The molecule has 3 aromatic rings. The van der Waals surface area contributed by atoms with Crippen LogP contribution in [0.2, 0.25) is 0 Å². The summed E-state index contributed by atoms with van der Waals surface area (Å²) in [4.78, 5) is 16.2. The number of carbonyl (C=O) groups is 1. The molecule has 3 rings (SSSR count). The number of benzene rings is 1. The van der Waals surface area contributed by atoms with Crippen LogP contribution in [-0.4, -0.2) is 33.2 Å². The number of nitrogens with one attached hydrogen (secondary N) is 1. The Morgan fingerprint density at radius 1 is 1.25 bits per heavy atom. The fraction of sp³-hybridized carbons (Fsp3) is 0.364. The second-order valence-corrected chi connectivity index (χ2v) is 8.43. The first-order valence-corrected chi connectivity index (χ1v) is 10.4. The zero-order chi connectivity index (χ0) is 20.1. The van der Waals surface area contributed by atoms with Crippen molar-refractivity contribution in [2.45, 2.75) is 39.4 Å². The van der Waals surface area contributed by atoms with Crippen molar-refractivity contribution in [3.8, 4) is 0 Å². The van der Waals surface area contributed by atoms with Gasteiger partial charge in [0.2, 0.25) is 5.91 Å². The van der Waals surface area contributed by atoms with Crippen molar-refractivity contribution in [2.75, 3.05) is 6.54 Å². The summed E-state index contributed by atoms with van der Waals surface area (Å²) in [5.74, 6) is 0.0246. The molecule has 0 saturated carbocycles. The van der Waals surface area contributed by atoms with E-state index in [1.54, 1.807) is 16.0 Å². The van der Waals surface area contributed by atoms with E-state index in [0.29, 0.717) is 13.1 Å². The maximum absolute atomic E-state index is 12.9. The average molecular weight is 397 g/mol. The van der Waals surface area contributed by atoms with Crippen LogP contribution in [0.15, 0.2) is 54.2 Å². The van der Waals surface area contributed by atoms with Gasteiger partial charge in [-0.1, -0.05) is 35.9 Å². The van der Waals surface area contributed by atoms with Crippen LogP contribution in [0.5, 0.6) is 0 Å². The van der Waals surface area contributed by atoms with E-state index in [9.17, 15) is 4.79 Å². The van der Waals surface area contributed by atoms with Gasteiger partial charge in [0, 0.05) is 36.3 Å². The minimum Gasteiger partial charge on any atom is -0.343 e. The van der Waals surface area contributed by atoms with Crippen molar-refractivity contribution in [3.63, 3.8) is 0 Å². The fourth-order valence-electron chi connectivity index (χ4n) is 3.13. The van der Waals surface area contributed by atoms with Crippen LogP contribution in [0.4, 0.5) is 0 Å². The van der Waals surface area contributed by atoms with Gasteiger partial charge in [0.15, 0.2) is 0 Å². The van der Waals surface area contributed by atoms with Crippen molar-refractivity contribution in [1.82, 2.24) is 20.0 Å². The molecule has 1 amide bonds. The van der Waals surface area contributed by atoms with E-state index in [1.807, 2.05) is 30.9 Å². The number of rotatable bonds is 8. The molecule has 0 bridgehead atoms. The topological polar surface area (TPSA) is 50.2 Å². The van der Waals surface area contributed by atoms with Crippen molar-refractivity contribution < 1.29 is 4.79 Å². The lowest BCUT2D eigenvalue weighted by Crippen LogP contribution is -2.41. The predicted octanol–water partition coefficient (Wildman–Crippen LogP) is 3.91. The maximum atomic E-state index is 12.9. The van der Waals surface area contributed by atoms with Gasteiger partial charge in [0.1, 0.15) is 0 Å². The van der Waals surface area contributed by atoms with Gasteiger partial charge in [-0.3, -0.25) is 14.4 Å². The van der Waals surface area contributed by atoms with Crippen molar-refractivity contribution in [2.24, 2.45) is 7.05 Å². The molecule has 6 heteroatoms. The third-order valence-electron chi connectivity index (χ3n) is 4.76. The number of nitrogens with zero attached hydrogens (tertiary/aromatic N) is 3. The van der Waals surface area contributed by atoms with Crippen LogP contribution in [0, 0.1) is 6.92 Å². The molecule has 0 fully saturated rings. The third-order valence-corrected chi connectivity index (χ3v) is 5.70. The van der Waals surface area contributed by atoms with Gasteiger partial charge in [-0.2, -0.15) is 5.10 Å². The molecule has 1 aromatic carbocycles. The standard InChI is InChI=1S/C22H28N4OS/c1-16(2)26(14-18-12-23-25(4)13-18)15-21(27)24-22(20-6-5-11-28-20)19-9-7-17(3)8-10-19/h5-13,16,22H,14-15H2,1-4H3,(H,24,27). The molecule has 1 atom stereocenters. The number of aromatic nitrogens is 2. The highest BCUT2D eigenvalue weighted by Crippen LogP contribution is 2.26. The van der Waals surface area contributed by atoms with Gasteiger partial charge in [-0.05, 0) is 37.8 Å². The Labute approximate surface area is 171 Å². The molecule has 1 N–H and O–H groups in total. The molecule has 1 unspecified atom stereocenters. The van der Waals surface area contributed by atoms with Crippen LogP contribution in [0.25, 0.3) is 0 Å². The summed E-state index contributed by atoms with van der Waals surface area (Å²) in [6, 6.07) is 12.6. The Morgan fingerprint density at radius 3 is 2.57 bits per heavy atom. The van der Waals surface area contributed by atoms with Crippen LogP contribution in [0.3, 0.4) is 0 Å². The summed E-state index contributed by atoms with van der Waals surface area (Å²) in [6.45, 7) is 7.34. The van der Waals surface area contributed by atoms with Crippen LogP contribution in [0.1, 0.15) is 41.5 Å². The lowest BCUT2D eigenvalue weighted by molar-refractivity contribution is -0.123. The van der Waals surface area contributed by atoms with E-state index in [-0.39, 0.29) is 18.0 Å². The molecular formula is C22H28N4OS. The van der Waals surface area contributed by atoms with Gasteiger partial charge < -0.3 is 5.32 Å². The van der Waals surface area contributed by atoms with Gasteiger partial charge >= 0.3 is 0 Å². The second kappa shape index (κ2) is 9.17. The SMILES string of the molecule is Cc1ccc(C(NC(=O)CN(Cc2cnn(C)c2)C(C)C)c2cccs2)cc1. The summed E-state index contributed by atoms with van der Waals surface area (Å²) < 4.78 is 1.79. The molecule has 2 aromatic heterocycles. The molecule has 148 valence electrons. The third kappa shape index (κ3) is 5.30. The Morgan fingerprint density at radius 2 is 2.00 bits per heavy atom. The summed E-state index contributed by atoms with van der Waals surface area (Å²) in [5, 5.41) is 9.52. The normalized spacial score (nSPS) is 12.5. The molecule has 0 aliphatic rings. The van der Waals surface area contributed by atoms with E-state index in [2.05, 4.69) is 66.4 Å². The van der Waals surface area contributed by atoms with Crippen molar-refractivity contribution >= 4 is 17.2 Å². The minimum atomic E-state index is -0.125. The van der Waals surface area contributed by atoms with Gasteiger partial charge in [-0.15, -0.1) is 11.3 Å². The summed E-state index contributed by atoms with van der Waals surface area (Å²) in [6.07, 6.45) is 3.85. The number of amides is 1. The monoisotopic (exact) mass is 396 g/mol. The molecule has 28 heavy (non-hydrogen) atoms. The number of aryl methyl sites for hydroxylation is 2. The fourth-order valence-corrected chi connectivity index (χ4v) is 3.94. The van der Waals surface area contributed by atoms with E-state index in [4.69, 9.17) is 0 Å². The molecule has 2 heterocycles. The number of hydrogen-bond donors (Lipinski definition) is 1. The van der Waals surface area contributed by atoms with Gasteiger partial charge in [0.05, 0.1) is 18.8 Å². The summed E-state index contributed by atoms with van der Waals surface area (Å²) in [5.41, 5.74) is 3.42. The predicted molar refractivity (Wildman–Crippen MR) is 114 cm³/mol. The highest BCUT2D eigenvalue weighted by Gasteiger charge is 2.21. The van der Waals surface area contributed by atoms with Crippen LogP contribution < -0.4 is 5.32 Å². The lowest BCUT2D eigenvalue weighted by Gasteiger charge is -2.27. The Hall–Kier alpha value is -2.44. The van der Waals surface area contributed by atoms with Gasteiger partial charge in [0.25, 0.3) is 0 Å². The van der Waals surface area contributed by atoms with E-state index >= 15 is 0 Å². The Kier molecular flexibility index (Phi) is 6.65. The first-order valence-electron chi connectivity index (χ1n) is 9.53. The molecule has 0 spiro atoms. The van der Waals surface area contributed by atoms with Crippen LogP contribution in [-0.2, 0) is 18.4 Å². The van der Waals surface area contributed by atoms with Gasteiger partial charge in [-0.25, -0.2) is 0 Å². The lowest BCUT2D eigenvalue weighted by atomic mass is 10.0. The maximum Gasteiger partial charge on any atom is 0.234 e. The molecule has 0 saturated heterocycles. The minimum absolute atomic E-state index is 0.0246. The zero-order valence-corrected chi connectivity index (χ0v) is 17.7. The highest BCUT2D eigenvalue weighted by atomic mass is 32.1. The summed E-state index contributed by atoms with van der Waals surface area (Å²) in [7, 11) is 1.91. The van der Waals surface area contributed by atoms with Crippen molar-refractivity contribution in [1.29, 1.82) is 0 Å². The van der Waals surface area contributed by atoms with E-state index in [0.717, 1.165) is 16.0 Å². The largest absolute Gasteiger partial charge is 0.343 e. The molecule has 0 radical (unpaired) electrons. The second-order valence-electron chi connectivity index (χ2n) is 7.45. The number of thiophene rings is 1. The Balaban J connectivity index is 1.72. The molecule has 0 aliphatic carbocycles. The first-order chi connectivity index (χ1) is 13.4. The van der Waals surface area contributed by atoms with E-state index < -0.39 is 0 Å². The summed E-state index contributed by atoms with van der Waals surface area (Å²) >= 11 is 1.66.